The molecule has 0 unspecified atom stereocenters. The number of nitrogens with one attached hydrogen (secondary N) is 1. The number of hydrogen-bond acceptors (Lipinski definition) is 5. The maximum absolute atomic E-state index is 5.62. The Balaban J connectivity index is 1.94. The van der Waals surface area contributed by atoms with Gasteiger partial charge in [-0.1, -0.05) is 31.1 Å². The molecule has 0 atom stereocenters. The maximum atomic E-state index is 5.62. The topological polar surface area (TPSA) is 64.9 Å². The summed E-state index contributed by atoms with van der Waals surface area (Å²) < 4.78 is 7.40. The predicted molar refractivity (Wildman–Crippen MR) is 77.7 cm³/mol. The SMILES string of the molecule is CCCOc1cccc(CNc2nnnn2CCC)c1. The molecular weight excluding hydrogens is 254 g/mol. The molecule has 0 bridgehead atoms. The molecular formula is C14H21N5O. The van der Waals surface area contributed by atoms with Crippen LogP contribution in [-0.4, -0.2) is 26.8 Å². The summed E-state index contributed by atoms with van der Waals surface area (Å²) in [7, 11) is 0. The first kappa shape index (κ1) is 14.3. The molecule has 0 amide bonds. The van der Waals surface area contributed by atoms with Gasteiger partial charge in [-0.3, -0.25) is 0 Å². The van der Waals surface area contributed by atoms with Crippen LogP contribution in [0.5, 0.6) is 5.75 Å². The Hall–Kier alpha value is -2.11. The van der Waals surface area contributed by atoms with Gasteiger partial charge in [-0.25, -0.2) is 4.68 Å². The summed E-state index contributed by atoms with van der Waals surface area (Å²) in [6.45, 7) is 6.42. The molecule has 0 aliphatic rings. The average molecular weight is 275 g/mol. The first-order valence-corrected chi connectivity index (χ1v) is 7.05. The van der Waals surface area contributed by atoms with Gasteiger partial charge in [0, 0.05) is 13.1 Å². The van der Waals surface area contributed by atoms with Gasteiger partial charge in [-0.05, 0) is 41.0 Å². The maximum Gasteiger partial charge on any atom is 0.243 e. The minimum atomic E-state index is 0.674. The smallest absolute Gasteiger partial charge is 0.243 e. The number of benzene rings is 1. The van der Waals surface area contributed by atoms with E-state index in [1.54, 1.807) is 4.68 Å². The van der Waals surface area contributed by atoms with E-state index in [-0.39, 0.29) is 0 Å². The molecule has 0 aliphatic heterocycles. The minimum absolute atomic E-state index is 0.674. The molecule has 0 saturated heterocycles. The molecule has 6 nitrogen and oxygen atoms in total. The van der Waals surface area contributed by atoms with E-state index >= 15 is 0 Å². The number of hydrogen-bond donors (Lipinski definition) is 1. The van der Waals surface area contributed by atoms with Gasteiger partial charge >= 0.3 is 0 Å². The number of ether oxygens (including phenoxy) is 1. The first-order valence-electron chi connectivity index (χ1n) is 7.05. The molecule has 108 valence electrons. The summed E-state index contributed by atoms with van der Waals surface area (Å²) in [5.41, 5.74) is 1.14. The van der Waals surface area contributed by atoms with Crippen LogP contribution in [-0.2, 0) is 13.1 Å². The molecule has 2 aromatic rings. The summed E-state index contributed by atoms with van der Waals surface area (Å²) in [5, 5.41) is 14.9. The third kappa shape index (κ3) is 3.94. The summed E-state index contributed by atoms with van der Waals surface area (Å²) in [5.74, 6) is 1.60. The lowest BCUT2D eigenvalue weighted by atomic mass is 10.2. The second-order valence-electron chi connectivity index (χ2n) is 4.58. The number of aryl methyl sites for hydroxylation is 1. The molecule has 0 spiro atoms. The first-order chi connectivity index (χ1) is 9.83. The molecule has 1 aromatic heterocycles. The minimum Gasteiger partial charge on any atom is -0.494 e. The standard InChI is InChI=1S/C14H21N5O/c1-3-8-19-14(16-17-18-19)15-11-12-6-5-7-13(10-12)20-9-4-2/h5-7,10H,3-4,8-9,11H2,1-2H3,(H,15,16,18). The van der Waals surface area contributed by atoms with E-state index < -0.39 is 0 Å². The third-order valence-corrected chi connectivity index (χ3v) is 2.79. The van der Waals surface area contributed by atoms with Crippen LogP contribution in [0.1, 0.15) is 32.3 Å². The zero-order chi connectivity index (χ0) is 14.2. The number of rotatable bonds is 8. The summed E-state index contributed by atoms with van der Waals surface area (Å²) in [6, 6.07) is 8.06. The van der Waals surface area contributed by atoms with Crippen molar-refractivity contribution in [2.45, 2.75) is 39.8 Å². The largest absolute Gasteiger partial charge is 0.494 e. The number of nitrogens with zero attached hydrogens (tertiary/aromatic N) is 4. The van der Waals surface area contributed by atoms with Crippen molar-refractivity contribution in [1.29, 1.82) is 0 Å². The Kier molecular flexibility index (Phi) is 5.34. The van der Waals surface area contributed by atoms with Gasteiger partial charge in [0.25, 0.3) is 0 Å². The fourth-order valence-corrected chi connectivity index (χ4v) is 1.84. The molecule has 0 saturated carbocycles. The molecule has 20 heavy (non-hydrogen) atoms. The Morgan fingerprint density at radius 3 is 2.95 bits per heavy atom. The highest BCUT2D eigenvalue weighted by Gasteiger charge is 2.04. The fraction of sp³-hybridized carbons (Fsp3) is 0.500. The quantitative estimate of drug-likeness (QED) is 0.801. The van der Waals surface area contributed by atoms with Crippen molar-refractivity contribution >= 4 is 5.95 Å². The number of tetrazole rings is 1. The van der Waals surface area contributed by atoms with Crippen LogP contribution in [0.4, 0.5) is 5.95 Å². The van der Waals surface area contributed by atoms with Crippen molar-refractivity contribution in [1.82, 2.24) is 20.2 Å². The van der Waals surface area contributed by atoms with Crippen molar-refractivity contribution in [2.75, 3.05) is 11.9 Å². The Morgan fingerprint density at radius 1 is 1.25 bits per heavy atom. The van der Waals surface area contributed by atoms with Crippen LogP contribution in [0.3, 0.4) is 0 Å². The molecule has 6 heteroatoms. The van der Waals surface area contributed by atoms with Crippen LogP contribution < -0.4 is 10.1 Å². The highest BCUT2D eigenvalue weighted by atomic mass is 16.5. The monoisotopic (exact) mass is 275 g/mol. The van der Waals surface area contributed by atoms with Crippen LogP contribution in [0.25, 0.3) is 0 Å². The zero-order valence-electron chi connectivity index (χ0n) is 12.0. The lowest BCUT2D eigenvalue weighted by Gasteiger charge is -2.08. The Morgan fingerprint density at radius 2 is 2.15 bits per heavy atom. The molecule has 0 fully saturated rings. The predicted octanol–water partition coefficient (Wildman–Crippen LogP) is 2.48. The van der Waals surface area contributed by atoms with Crippen molar-refractivity contribution in [2.24, 2.45) is 0 Å². The van der Waals surface area contributed by atoms with Gasteiger partial charge in [-0.15, -0.1) is 0 Å². The fourth-order valence-electron chi connectivity index (χ4n) is 1.84. The van der Waals surface area contributed by atoms with Gasteiger partial charge in [-0.2, -0.15) is 0 Å². The van der Waals surface area contributed by atoms with E-state index in [4.69, 9.17) is 4.74 Å². The van der Waals surface area contributed by atoms with E-state index in [0.29, 0.717) is 12.5 Å². The third-order valence-electron chi connectivity index (χ3n) is 2.79. The van der Waals surface area contributed by atoms with Gasteiger partial charge in [0.2, 0.25) is 5.95 Å². The summed E-state index contributed by atoms with van der Waals surface area (Å²) in [6.07, 6.45) is 2.01. The van der Waals surface area contributed by atoms with E-state index in [1.807, 2.05) is 18.2 Å². The van der Waals surface area contributed by atoms with E-state index in [9.17, 15) is 0 Å². The van der Waals surface area contributed by atoms with Gasteiger partial charge in [0.1, 0.15) is 5.75 Å². The van der Waals surface area contributed by atoms with Crippen molar-refractivity contribution < 1.29 is 4.74 Å². The molecule has 0 aliphatic carbocycles. The molecule has 1 N–H and O–H groups in total. The zero-order valence-corrected chi connectivity index (χ0v) is 12.0. The molecule has 1 heterocycles. The van der Waals surface area contributed by atoms with Crippen molar-refractivity contribution in [3.05, 3.63) is 29.8 Å². The Labute approximate surface area is 119 Å². The lowest BCUT2D eigenvalue weighted by molar-refractivity contribution is 0.317. The van der Waals surface area contributed by atoms with E-state index in [2.05, 4.69) is 40.8 Å². The number of aromatic nitrogens is 4. The van der Waals surface area contributed by atoms with Gasteiger partial charge in [0.05, 0.1) is 6.61 Å². The van der Waals surface area contributed by atoms with Crippen LogP contribution in [0.15, 0.2) is 24.3 Å². The lowest BCUT2D eigenvalue weighted by Crippen LogP contribution is -2.08. The van der Waals surface area contributed by atoms with E-state index in [0.717, 1.165) is 37.3 Å². The number of anilines is 1. The van der Waals surface area contributed by atoms with Crippen LogP contribution in [0.2, 0.25) is 0 Å². The van der Waals surface area contributed by atoms with Gasteiger partial charge in [0.15, 0.2) is 0 Å². The highest BCUT2D eigenvalue weighted by Crippen LogP contribution is 2.14. The van der Waals surface area contributed by atoms with Gasteiger partial charge < -0.3 is 10.1 Å². The summed E-state index contributed by atoms with van der Waals surface area (Å²) >= 11 is 0. The van der Waals surface area contributed by atoms with Crippen molar-refractivity contribution in [3.8, 4) is 5.75 Å². The normalized spacial score (nSPS) is 10.5. The second kappa shape index (κ2) is 7.47. The molecule has 2 rings (SSSR count). The Bertz CT molecular complexity index is 526. The average Bonchev–Trinajstić information content (AvgIpc) is 2.91. The van der Waals surface area contributed by atoms with Crippen LogP contribution >= 0.6 is 0 Å². The molecule has 0 radical (unpaired) electrons. The van der Waals surface area contributed by atoms with E-state index in [1.165, 1.54) is 0 Å². The highest BCUT2D eigenvalue weighted by molar-refractivity contribution is 5.32. The summed E-state index contributed by atoms with van der Waals surface area (Å²) in [4.78, 5) is 0. The molecule has 1 aromatic carbocycles. The van der Waals surface area contributed by atoms with Crippen LogP contribution in [0, 0.1) is 0 Å². The van der Waals surface area contributed by atoms with Crippen molar-refractivity contribution in [3.63, 3.8) is 0 Å². The second-order valence-corrected chi connectivity index (χ2v) is 4.58.